The van der Waals surface area contributed by atoms with Crippen molar-refractivity contribution in [1.29, 1.82) is 0 Å². The van der Waals surface area contributed by atoms with E-state index in [9.17, 15) is 13.2 Å². The Morgan fingerprint density at radius 3 is 2.31 bits per heavy atom. The number of sulfonamides is 1. The van der Waals surface area contributed by atoms with Crippen LogP contribution in [0.15, 0.2) is 36.4 Å². The van der Waals surface area contributed by atoms with Crippen LogP contribution in [0.5, 0.6) is 11.5 Å². The summed E-state index contributed by atoms with van der Waals surface area (Å²) in [7, 11) is -0.828. The van der Waals surface area contributed by atoms with Crippen molar-refractivity contribution < 1.29 is 22.7 Å². The van der Waals surface area contributed by atoms with E-state index in [-0.39, 0.29) is 18.3 Å². The minimum absolute atomic E-state index is 0.239. The zero-order chi connectivity index (χ0) is 21.8. The molecule has 158 valence electrons. The van der Waals surface area contributed by atoms with Crippen molar-refractivity contribution in [2.24, 2.45) is 0 Å². The number of carbonyl (C=O) groups excluding carboxylic acids is 1. The molecule has 0 saturated carbocycles. The molecule has 0 aromatic heterocycles. The number of nitrogens with zero attached hydrogens (tertiary/aromatic N) is 1. The maximum atomic E-state index is 12.7. The Labute approximate surface area is 172 Å². The van der Waals surface area contributed by atoms with Crippen LogP contribution in [0.2, 0.25) is 0 Å². The molecule has 0 aliphatic heterocycles. The Morgan fingerprint density at radius 2 is 1.76 bits per heavy atom. The Morgan fingerprint density at radius 1 is 1.07 bits per heavy atom. The minimum Gasteiger partial charge on any atom is -0.497 e. The molecule has 0 saturated heterocycles. The first-order chi connectivity index (χ1) is 13.6. The molecular formula is C21H28N2O5S. The third-order valence-electron chi connectivity index (χ3n) is 4.75. The SMILES string of the molecule is COc1ccc(OC)c(N(CC(=O)NC(C)c2ccc(C)c(C)c2)S(C)(=O)=O)c1. The number of aryl methyl sites for hydroxylation is 2. The quantitative estimate of drug-likeness (QED) is 0.710. The van der Waals surface area contributed by atoms with Crippen molar-refractivity contribution in [2.75, 3.05) is 31.3 Å². The van der Waals surface area contributed by atoms with Crippen LogP contribution in [0.1, 0.15) is 29.7 Å². The van der Waals surface area contributed by atoms with Gasteiger partial charge in [0.05, 0.1) is 32.2 Å². The number of rotatable bonds is 8. The Hall–Kier alpha value is -2.74. The Kier molecular flexibility index (Phi) is 7.13. The lowest BCUT2D eigenvalue weighted by molar-refractivity contribution is -0.120. The molecule has 0 spiro atoms. The smallest absolute Gasteiger partial charge is 0.241 e. The molecule has 0 radical (unpaired) electrons. The number of amides is 1. The second kappa shape index (κ2) is 9.17. The maximum Gasteiger partial charge on any atom is 0.241 e. The number of methoxy groups -OCH3 is 2. The molecule has 1 unspecified atom stereocenters. The largest absolute Gasteiger partial charge is 0.497 e. The Balaban J connectivity index is 2.27. The van der Waals surface area contributed by atoms with Crippen molar-refractivity contribution in [3.63, 3.8) is 0 Å². The first kappa shape index (κ1) is 22.5. The minimum atomic E-state index is -3.75. The van der Waals surface area contributed by atoms with Crippen LogP contribution < -0.4 is 19.1 Å². The number of hydrogen-bond acceptors (Lipinski definition) is 5. The van der Waals surface area contributed by atoms with Gasteiger partial charge in [-0.15, -0.1) is 0 Å². The lowest BCUT2D eigenvalue weighted by Gasteiger charge is -2.25. The van der Waals surface area contributed by atoms with Crippen LogP contribution in [0.4, 0.5) is 5.69 Å². The second-order valence-corrected chi connectivity index (χ2v) is 8.85. The molecule has 1 atom stereocenters. The topological polar surface area (TPSA) is 84.9 Å². The molecule has 0 bridgehead atoms. The number of benzene rings is 2. The van der Waals surface area contributed by atoms with E-state index in [1.54, 1.807) is 12.1 Å². The molecule has 0 heterocycles. The molecule has 8 heteroatoms. The summed E-state index contributed by atoms with van der Waals surface area (Å²) < 4.78 is 36.3. The van der Waals surface area contributed by atoms with Gasteiger partial charge < -0.3 is 14.8 Å². The summed E-state index contributed by atoms with van der Waals surface area (Å²) in [6.07, 6.45) is 1.05. The van der Waals surface area contributed by atoms with E-state index >= 15 is 0 Å². The van der Waals surface area contributed by atoms with Gasteiger partial charge in [-0.2, -0.15) is 0 Å². The molecular weight excluding hydrogens is 392 g/mol. The highest BCUT2D eigenvalue weighted by molar-refractivity contribution is 7.92. The van der Waals surface area contributed by atoms with Gasteiger partial charge in [0.1, 0.15) is 18.0 Å². The third kappa shape index (κ3) is 5.63. The van der Waals surface area contributed by atoms with Crippen molar-refractivity contribution in [3.8, 4) is 11.5 Å². The van der Waals surface area contributed by atoms with E-state index in [0.717, 1.165) is 21.7 Å². The highest BCUT2D eigenvalue weighted by atomic mass is 32.2. The average molecular weight is 421 g/mol. The summed E-state index contributed by atoms with van der Waals surface area (Å²) in [5, 5.41) is 2.86. The van der Waals surface area contributed by atoms with Gasteiger partial charge in [0, 0.05) is 6.07 Å². The predicted octanol–water partition coefficient (Wildman–Crippen LogP) is 2.96. The molecule has 0 aliphatic carbocycles. The lowest BCUT2D eigenvalue weighted by Crippen LogP contribution is -2.41. The van der Waals surface area contributed by atoms with E-state index < -0.39 is 15.9 Å². The number of hydrogen-bond donors (Lipinski definition) is 1. The molecule has 2 aromatic rings. The monoisotopic (exact) mass is 420 g/mol. The summed E-state index contributed by atoms with van der Waals surface area (Å²) in [4.78, 5) is 12.7. The standard InChI is InChI=1S/C21H28N2O5S/c1-14-7-8-17(11-15(14)2)16(3)22-21(24)13-23(29(6,25)26)19-12-18(27-4)9-10-20(19)28-5/h7-12,16H,13H2,1-6H3,(H,22,24). The molecule has 0 aliphatic rings. The van der Waals surface area contributed by atoms with Crippen LogP contribution in [0, 0.1) is 13.8 Å². The first-order valence-corrected chi connectivity index (χ1v) is 11.0. The van der Waals surface area contributed by atoms with Gasteiger partial charge in [0.25, 0.3) is 0 Å². The van der Waals surface area contributed by atoms with E-state index in [1.165, 1.54) is 25.8 Å². The highest BCUT2D eigenvalue weighted by Crippen LogP contribution is 2.33. The number of nitrogens with one attached hydrogen (secondary N) is 1. The zero-order valence-electron chi connectivity index (χ0n) is 17.6. The van der Waals surface area contributed by atoms with Gasteiger partial charge in [0.2, 0.25) is 15.9 Å². The zero-order valence-corrected chi connectivity index (χ0v) is 18.5. The Bertz CT molecular complexity index is 989. The van der Waals surface area contributed by atoms with Gasteiger partial charge in [0.15, 0.2) is 0 Å². The van der Waals surface area contributed by atoms with Gasteiger partial charge in [-0.25, -0.2) is 8.42 Å². The molecule has 29 heavy (non-hydrogen) atoms. The predicted molar refractivity (Wildman–Crippen MR) is 114 cm³/mol. The van der Waals surface area contributed by atoms with Crippen LogP contribution in [-0.4, -0.2) is 41.3 Å². The molecule has 2 aromatic carbocycles. The third-order valence-corrected chi connectivity index (χ3v) is 5.88. The summed E-state index contributed by atoms with van der Waals surface area (Å²) >= 11 is 0. The molecule has 7 nitrogen and oxygen atoms in total. The lowest BCUT2D eigenvalue weighted by atomic mass is 10.0. The van der Waals surface area contributed by atoms with Crippen molar-refractivity contribution in [3.05, 3.63) is 53.1 Å². The second-order valence-electron chi connectivity index (χ2n) is 6.94. The fourth-order valence-electron chi connectivity index (χ4n) is 2.91. The summed E-state index contributed by atoms with van der Waals surface area (Å²) in [5.74, 6) is 0.357. The van der Waals surface area contributed by atoms with Gasteiger partial charge in [-0.05, 0) is 49.6 Å². The number of carbonyl (C=O) groups is 1. The number of ether oxygens (including phenoxy) is 2. The average Bonchev–Trinajstić information content (AvgIpc) is 2.66. The normalized spacial score (nSPS) is 12.2. The van der Waals surface area contributed by atoms with Gasteiger partial charge >= 0.3 is 0 Å². The number of anilines is 1. The van der Waals surface area contributed by atoms with Crippen LogP contribution in [-0.2, 0) is 14.8 Å². The van der Waals surface area contributed by atoms with Crippen molar-refractivity contribution in [2.45, 2.75) is 26.8 Å². The highest BCUT2D eigenvalue weighted by Gasteiger charge is 2.25. The maximum absolute atomic E-state index is 12.7. The van der Waals surface area contributed by atoms with E-state index in [2.05, 4.69) is 5.32 Å². The van der Waals surface area contributed by atoms with Crippen LogP contribution in [0.25, 0.3) is 0 Å². The van der Waals surface area contributed by atoms with Crippen molar-refractivity contribution >= 4 is 21.6 Å². The molecule has 2 rings (SSSR count). The fourth-order valence-corrected chi connectivity index (χ4v) is 3.76. The van der Waals surface area contributed by atoms with E-state index in [4.69, 9.17) is 9.47 Å². The van der Waals surface area contributed by atoms with Gasteiger partial charge in [-0.1, -0.05) is 18.2 Å². The summed E-state index contributed by atoms with van der Waals surface area (Å²) in [6.45, 7) is 5.51. The molecule has 1 N–H and O–H groups in total. The van der Waals surface area contributed by atoms with E-state index in [0.29, 0.717) is 11.5 Å². The molecule has 0 fully saturated rings. The first-order valence-electron chi connectivity index (χ1n) is 9.13. The molecule has 1 amide bonds. The summed E-state index contributed by atoms with van der Waals surface area (Å²) in [5.41, 5.74) is 3.48. The summed E-state index contributed by atoms with van der Waals surface area (Å²) in [6, 6.07) is 10.5. The van der Waals surface area contributed by atoms with Crippen LogP contribution in [0.3, 0.4) is 0 Å². The van der Waals surface area contributed by atoms with Crippen molar-refractivity contribution in [1.82, 2.24) is 5.32 Å². The van der Waals surface area contributed by atoms with Gasteiger partial charge in [-0.3, -0.25) is 9.10 Å². The fraction of sp³-hybridized carbons (Fsp3) is 0.381. The van der Waals surface area contributed by atoms with Crippen LogP contribution >= 0.6 is 0 Å². The van der Waals surface area contributed by atoms with E-state index in [1.807, 2.05) is 39.0 Å².